The largest absolute Gasteiger partial charge is 0.376 e. The van der Waals surface area contributed by atoms with Crippen LogP contribution in [0.5, 0.6) is 0 Å². The van der Waals surface area contributed by atoms with Crippen molar-refractivity contribution in [3.63, 3.8) is 0 Å². The van der Waals surface area contributed by atoms with E-state index < -0.39 is 11.4 Å². The van der Waals surface area contributed by atoms with Crippen LogP contribution in [0.2, 0.25) is 0 Å². The Hall–Kier alpha value is -0.980. The van der Waals surface area contributed by atoms with Gasteiger partial charge in [0.05, 0.1) is 4.47 Å². The molecule has 0 saturated carbocycles. The first kappa shape index (κ1) is 18.4. The molecule has 2 rings (SSSR count). The Bertz CT molecular complexity index is 604. The lowest BCUT2D eigenvalue weighted by molar-refractivity contribution is -0.155. The van der Waals surface area contributed by atoms with Crippen molar-refractivity contribution in [3.8, 4) is 0 Å². The van der Waals surface area contributed by atoms with Gasteiger partial charge in [0, 0.05) is 25.2 Å². The van der Waals surface area contributed by atoms with E-state index in [0.717, 1.165) is 13.1 Å². The zero-order chi connectivity index (χ0) is 17.4. The zero-order valence-corrected chi connectivity index (χ0v) is 15.7. The van der Waals surface area contributed by atoms with Gasteiger partial charge in [0.25, 0.3) is 5.91 Å². The van der Waals surface area contributed by atoms with Crippen molar-refractivity contribution in [1.29, 1.82) is 0 Å². The van der Waals surface area contributed by atoms with E-state index in [-0.39, 0.29) is 15.9 Å². The van der Waals surface area contributed by atoms with Crippen LogP contribution in [0, 0.1) is 5.82 Å². The van der Waals surface area contributed by atoms with Gasteiger partial charge in [0.15, 0.2) is 5.60 Å². The smallest absolute Gasteiger partial charge is 0.258 e. The number of hydrogen-bond donors (Lipinski definition) is 1. The summed E-state index contributed by atoms with van der Waals surface area (Å²) in [6.07, 6.45) is 0. The second-order valence-corrected chi connectivity index (χ2v) is 7.67. The second-order valence-electron chi connectivity index (χ2n) is 6.82. The molecule has 23 heavy (non-hydrogen) atoms. The number of hydrogen-bond acceptors (Lipinski definition) is 3. The molecule has 1 atom stereocenters. The Morgan fingerprint density at radius 1 is 1.43 bits per heavy atom. The lowest BCUT2D eigenvalue weighted by atomic mass is 9.92. The van der Waals surface area contributed by atoms with Gasteiger partial charge in [-0.3, -0.25) is 9.69 Å². The maximum Gasteiger partial charge on any atom is 0.258 e. The number of benzene rings is 1. The minimum absolute atomic E-state index is 0.137. The fraction of sp³-hybridized carbons (Fsp3) is 0.588. The van der Waals surface area contributed by atoms with Gasteiger partial charge >= 0.3 is 0 Å². The molecule has 1 saturated heterocycles. The number of carbonyl (C=O) groups is 1. The van der Waals surface area contributed by atoms with E-state index in [9.17, 15) is 14.3 Å². The highest BCUT2D eigenvalue weighted by Gasteiger charge is 2.41. The fourth-order valence-corrected chi connectivity index (χ4v) is 3.56. The Kier molecular flexibility index (Phi) is 5.18. The average molecular weight is 387 g/mol. The molecule has 6 heteroatoms. The van der Waals surface area contributed by atoms with E-state index in [1.165, 1.54) is 25.1 Å². The minimum atomic E-state index is -1.68. The van der Waals surface area contributed by atoms with Crippen molar-refractivity contribution in [2.45, 2.75) is 38.8 Å². The maximum absolute atomic E-state index is 13.4. The SMILES string of the molecule is CCN1CCN(C(=O)C(C)(O)c2ccc(F)c(Br)c2)CC1(C)C. The Morgan fingerprint density at radius 3 is 2.61 bits per heavy atom. The third kappa shape index (κ3) is 3.59. The average Bonchev–Trinajstić information content (AvgIpc) is 2.48. The standard InChI is InChI=1S/C17H24BrFN2O2/c1-5-21-9-8-20(11-16(21,2)3)15(22)17(4,23)12-6-7-14(19)13(18)10-12/h6-7,10,23H,5,8-9,11H2,1-4H3. The summed E-state index contributed by atoms with van der Waals surface area (Å²) in [5.74, 6) is -0.769. The summed E-state index contributed by atoms with van der Waals surface area (Å²) in [7, 11) is 0. The third-order valence-electron chi connectivity index (χ3n) is 4.64. The van der Waals surface area contributed by atoms with Crippen molar-refractivity contribution in [1.82, 2.24) is 9.80 Å². The monoisotopic (exact) mass is 386 g/mol. The molecule has 1 fully saturated rings. The summed E-state index contributed by atoms with van der Waals surface area (Å²) >= 11 is 3.10. The van der Waals surface area contributed by atoms with E-state index in [0.29, 0.717) is 18.7 Å². The van der Waals surface area contributed by atoms with E-state index in [4.69, 9.17) is 0 Å². The van der Waals surface area contributed by atoms with Crippen molar-refractivity contribution in [2.75, 3.05) is 26.2 Å². The predicted octanol–water partition coefficient (Wildman–Crippen LogP) is 2.74. The Morgan fingerprint density at radius 2 is 2.09 bits per heavy atom. The molecule has 1 aliphatic rings. The van der Waals surface area contributed by atoms with Crippen LogP contribution in [-0.2, 0) is 10.4 Å². The molecule has 0 bridgehead atoms. The van der Waals surface area contributed by atoms with Gasteiger partial charge in [0.2, 0.25) is 0 Å². The molecule has 1 N–H and O–H groups in total. The van der Waals surface area contributed by atoms with Crippen molar-refractivity contribution >= 4 is 21.8 Å². The van der Waals surface area contributed by atoms with Crippen molar-refractivity contribution in [2.24, 2.45) is 0 Å². The van der Waals surface area contributed by atoms with Crippen LogP contribution < -0.4 is 0 Å². The highest BCUT2D eigenvalue weighted by Crippen LogP contribution is 2.29. The van der Waals surface area contributed by atoms with Gasteiger partial charge in [-0.05, 0) is 60.9 Å². The number of nitrogens with zero attached hydrogens (tertiary/aromatic N) is 2. The molecule has 1 unspecified atom stereocenters. The van der Waals surface area contributed by atoms with Gasteiger partial charge in [-0.15, -0.1) is 0 Å². The molecule has 128 valence electrons. The molecule has 0 radical (unpaired) electrons. The van der Waals surface area contributed by atoms with E-state index in [1.54, 1.807) is 4.90 Å². The molecule has 1 heterocycles. The van der Waals surface area contributed by atoms with Crippen LogP contribution >= 0.6 is 15.9 Å². The summed E-state index contributed by atoms with van der Waals surface area (Å²) in [5, 5.41) is 10.8. The predicted molar refractivity (Wildman–Crippen MR) is 91.6 cm³/mol. The van der Waals surface area contributed by atoms with Crippen molar-refractivity contribution < 1.29 is 14.3 Å². The topological polar surface area (TPSA) is 43.8 Å². The molecular weight excluding hydrogens is 363 g/mol. The first-order chi connectivity index (χ1) is 10.6. The molecule has 4 nitrogen and oxygen atoms in total. The van der Waals surface area contributed by atoms with Crippen LogP contribution in [0.3, 0.4) is 0 Å². The molecule has 0 aromatic heterocycles. The third-order valence-corrected chi connectivity index (χ3v) is 5.25. The zero-order valence-electron chi connectivity index (χ0n) is 14.1. The van der Waals surface area contributed by atoms with E-state index >= 15 is 0 Å². The number of piperazine rings is 1. The Balaban J connectivity index is 2.23. The van der Waals surface area contributed by atoms with Gasteiger partial charge < -0.3 is 10.0 Å². The highest BCUT2D eigenvalue weighted by atomic mass is 79.9. The first-order valence-corrected chi connectivity index (χ1v) is 8.61. The number of amides is 1. The lowest BCUT2D eigenvalue weighted by Gasteiger charge is -2.48. The van der Waals surface area contributed by atoms with Crippen molar-refractivity contribution in [3.05, 3.63) is 34.1 Å². The quantitative estimate of drug-likeness (QED) is 0.868. The van der Waals surface area contributed by atoms with Crippen LogP contribution in [-0.4, -0.2) is 52.5 Å². The lowest BCUT2D eigenvalue weighted by Crippen LogP contribution is -2.62. The van der Waals surface area contributed by atoms with Crippen LogP contribution in [0.1, 0.15) is 33.3 Å². The van der Waals surface area contributed by atoms with Crippen LogP contribution in [0.25, 0.3) is 0 Å². The molecule has 0 aliphatic carbocycles. The number of likely N-dealkylation sites (N-methyl/N-ethyl adjacent to an activating group) is 1. The molecule has 1 aliphatic heterocycles. The summed E-state index contributed by atoms with van der Waals surface area (Å²) in [5.41, 5.74) is -1.44. The fourth-order valence-electron chi connectivity index (χ4n) is 3.18. The maximum atomic E-state index is 13.4. The molecular formula is C17H24BrFN2O2. The van der Waals surface area contributed by atoms with Gasteiger partial charge in [-0.1, -0.05) is 13.0 Å². The molecule has 1 amide bonds. The molecule has 1 aromatic carbocycles. The number of rotatable bonds is 3. The summed E-state index contributed by atoms with van der Waals surface area (Å²) in [6, 6.07) is 4.16. The number of halogens is 2. The van der Waals surface area contributed by atoms with Gasteiger partial charge in [-0.2, -0.15) is 0 Å². The second kappa shape index (κ2) is 6.49. The summed E-state index contributed by atoms with van der Waals surface area (Å²) < 4.78 is 13.6. The number of carbonyl (C=O) groups excluding carboxylic acids is 1. The summed E-state index contributed by atoms with van der Waals surface area (Å²) in [4.78, 5) is 16.9. The molecule has 0 spiro atoms. The summed E-state index contributed by atoms with van der Waals surface area (Å²) in [6.45, 7) is 10.6. The van der Waals surface area contributed by atoms with Gasteiger partial charge in [-0.25, -0.2) is 4.39 Å². The number of aliphatic hydroxyl groups is 1. The van der Waals surface area contributed by atoms with Crippen LogP contribution in [0.15, 0.2) is 22.7 Å². The van der Waals surface area contributed by atoms with Crippen LogP contribution in [0.4, 0.5) is 4.39 Å². The first-order valence-electron chi connectivity index (χ1n) is 7.82. The molecule has 1 aromatic rings. The van der Waals surface area contributed by atoms with E-state index in [2.05, 4.69) is 41.6 Å². The van der Waals surface area contributed by atoms with Gasteiger partial charge in [0.1, 0.15) is 5.82 Å². The van der Waals surface area contributed by atoms with E-state index in [1.807, 2.05) is 0 Å². The highest BCUT2D eigenvalue weighted by molar-refractivity contribution is 9.10. The minimum Gasteiger partial charge on any atom is -0.376 e. The normalized spacial score (nSPS) is 21.1. The Labute approximate surface area is 145 Å².